The molecule has 3 saturated heterocycles. The molecule has 92 valence electrons. The van der Waals surface area contributed by atoms with Crippen LogP contribution in [0.2, 0.25) is 0 Å². The van der Waals surface area contributed by atoms with E-state index in [0.29, 0.717) is 0 Å². The third-order valence-corrected chi connectivity index (χ3v) is 5.18. The lowest BCUT2D eigenvalue weighted by molar-refractivity contribution is 0.103. The van der Waals surface area contributed by atoms with Crippen molar-refractivity contribution < 1.29 is 0 Å². The highest BCUT2D eigenvalue weighted by molar-refractivity contribution is 4.98. The zero-order valence-electron chi connectivity index (χ0n) is 10.8. The Morgan fingerprint density at radius 3 is 2.62 bits per heavy atom. The zero-order chi connectivity index (χ0) is 11.1. The smallest absolute Gasteiger partial charge is 0.0111 e. The highest BCUT2D eigenvalue weighted by Gasteiger charge is 2.40. The fraction of sp³-hybridized carbons (Fsp3) is 1.00. The molecule has 0 aromatic heterocycles. The van der Waals surface area contributed by atoms with Gasteiger partial charge in [-0.1, -0.05) is 6.92 Å². The highest BCUT2D eigenvalue weighted by Crippen LogP contribution is 2.35. The Kier molecular flexibility index (Phi) is 2.97. The lowest BCUT2D eigenvalue weighted by atomic mass is 9.86. The molecule has 3 rings (SSSR count). The highest BCUT2D eigenvalue weighted by atomic mass is 15.2. The summed E-state index contributed by atoms with van der Waals surface area (Å²) in [6.07, 6.45) is 7.15. The molecule has 3 aliphatic rings. The number of nitrogens with one attached hydrogen (secondary N) is 1. The molecule has 2 nitrogen and oxygen atoms in total. The first-order chi connectivity index (χ1) is 7.72. The fourth-order valence-corrected chi connectivity index (χ4v) is 4.17. The van der Waals surface area contributed by atoms with Gasteiger partial charge in [-0.2, -0.15) is 0 Å². The van der Waals surface area contributed by atoms with Crippen molar-refractivity contribution >= 4 is 0 Å². The average Bonchev–Trinajstić information content (AvgIpc) is 2.84. The largest absolute Gasteiger partial charge is 0.311 e. The minimum absolute atomic E-state index is 0.822. The summed E-state index contributed by atoms with van der Waals surface area (Å²) in [5.41, 5.74) is 0. The molecule has 3 fully saturated rings. The van der Waals surface area contributed by atoms with E-state index in [-0.39, 0.29) is 0 Å². The molecular formula is C14H26N2. The van der Waals surface area contributed by atoms with E-state index in [4.69, 9.17) is 0 Å². The van der Waals surface area contributed by atoms with Gasteiger partial charge in [0.05, 0.1) is 0 Å². The minimum Gasteiger partial charge on any atom is -0.311 e. The summed E-state index contributed by atoms with van der Waals surface area (Å²) in [6, 6.07) is 2.55. The van der Waals surface area contributed by atoms with Crippen LogP contribution in [0, 0.1) is 11.8 Å². The molecule has 0 aromatic rings. The maximum Gasteiger partial charge on any atom is 0.0111 e. The summed E-state index contributed by atoms with van der Waals surface area (Å²) in [6.45, 7) is 7.54. The predicted molar refractivity (Wildman–Crippen MR) is 67.5 cm³/mol. The summed E-state index contributed by atoms with van der Waals surface area (Å²) < 4.78 is 0. The van der Waals surface area contributed by atoms with Crippen LogP contribution in [0.5, 0.6) is 0 Å². The molecule has 0 aliphatic carbocycles. The molecule has 2 bridgehead atoms. The first kappa shape index (κ1) is 11.0. The SMILES string of the molecule is CC1CCN(CC2CC3CCC2N3)C(C)C1. The Morgan fingerprint density at radius 1 is 1.12 bits per heavy atom. The van der Waals surface area contributed by atoms with E-state index in [0.717, 1.165) is 30.0 Å². The van der Waals surface area contributed by atoms with Gasteiger partial charge in [0.15, 0.2) is 0 Å². The van der Waals surface area contributed by atoms with Crippen LogP contribution in [-0.4, -0.2) is 36.1 Å². The van der Waals surface area contributed by atoms with E-state index >= 15 is 0 Å². The summed E-state index contributed by atoms with van der Waals surface area (Å²) in [5.74, 6) is 1.90. The zero-order valence-corrected chi connectivity index (χ0v) is 10.8. The van der Waals surface area contributed by atoms with Crippen molar-refractivity contribution in [3.8, 4) is 0 Å². The van der Waals surface area contributed by atoms with Crippen LogP contribution in [0.25, 0.3) is 0 Å². The van der Waals surface area contributed by atoms with E-state index in [1.54, 1.807) is 0 Å². The quantitative estimate of drug-likeness (QED) is 0.771. The van der Waals surface area contributed by atoms with Crippen molar-refractivity contribution in [2.45, 2.75) is 64.1 Å². The number of rotatable bonds is 2. The molecular weight excluding hydrogens is 196 g/mol. The molecule has 3 heterocycles. The van der Waals surface area contributed by atoms with Gasteiger partial charge in [-0.25, -0.2) is 0 Å². The number of likely N-dealkylation sites (tertiary alicyclic amines) is 1. The third-order valence-electron chi connectivity index (χ3n) is 5.18. The van der Waals surface area contributed by atoms with Crippen LogP contribution in [0.3, 0.4) is 0 Å². The van der Waals surface area contributed by atoms with Gasteiger partial charge in [-0.05, 0) is 57.4 Å². The van der Waals surface area contributed by atoms with Crippen molar-refractivity contribution in [1.82, 2.24) is 10.2 Å². The molecule has 0 saturated carbocycles. The van der Waals surface area contributed by atoms with Crippen LogP contribution in [-0.2, 0) is 0 Å². The molecule has 0 radical (unpaired) electrons. The molecule has 3 aliphatic heterocycles. The van der Waals surface area contributed by atoms with Gasteiger partial charge in [0.1, 0.15) is 0 Å². The molecule has 0 spiro atoms. The Bertz CT molecular complexity index is 253. The molecule has 0 aromatic carbocycles. The molecule has 5 unspecified atom stereocenters. The van der Waals surface area contributed by atoms with Gasteiger partial charge >= 0.3 is 0 Å². The minimum atomic E-state index is 0.822. The lowest BCUT2D eigenvalue weighted by Gasteiger charge is -2.39. The monoisotopic (exact) mass is 222 g/mol. The summed E-state index contributed by atoms with van der Waals surface area (Å²) in [4.78, 5) is 2.76. The molecule has 16 heavy (non-hydrogen) atoms. The van der Waals surface area contributed by atoms with Crippen molar-refractivity contribution in [2.75, 3.05) is 13.1 Å². The van der Waals surface area contributed by atoms with Gasteiger partial charge in [-0.3, -0.25) is 0 Å². The van der Waals surface area contributed by atoms with E-state index in [2.05, 4.69) is 24.1 Å². The van der Waals surface area contributed by atoms with Crippen LogP contribution >= 0.6 is 0 Å². The first-order valence-corrected chi connectivity index (χ1v) is 7.22. The van der Waals surface area contributed by atoms with Gasteiger partial charge in [0.2, 0.25) is 0 Å². The van der Waals surface area contributed by atoms with Gasteiger partial charge in [-0.15, -0.1) is 0 Å². The van der Waals surface area contributed by atoms with Crippen LogP contribution in [0.1, 0.15) is 46.0 Å². The second-order valence-corrected chi connectivity index (χ2v) is 6.52. The maximum atomic E-state index is 3.76. The van der Waals surface area contributed by atoms with Crippen LogP contribution in [0.15, 0.2) is 0 Å². The summed E-state index contributed by atoms with van der Waals surface area (Å²) >= 11 is 0. The third kappa shape index (κ3) is 2.02. The lowest BCUT2D eigenvalue weighted by Crippen LogP contribution is -2.44. The van der Waals surface area contributed by atoms with Crippen LogP contribution < -0.4 is 5.32 Å². The maximum absolute atomic E-state index is 3.76. The Balaban J connectivity index is 1.55. The molecule has 0 amide bonds. The van der Waals surface area contributed by atoms with E-state index in [1.165, 1.54) is 45.2 Å². The second kappa shape index (κ2) is 4.30. The van der Waals surface area contributed by atoms with Gasteiger partial charge < -0.3 is 10.2 Å². The number of nitrogens with zero attached hydrogens (tertiary/aromatic N) is 1. The Labute approximate surface area is 99.8 Å². The summed E-state index contributed by atoms with van der Waals surface area (Å²) in [5, 5.41) is 3.76. The molecule has 1 N–H and O–H groups in total. The number of hydrogen-bond donors (Lipinski definition) is 1. The van der Waals surface area contributed by atoms with Crippen molar-refractivity contribution in [3.05, 3.63) is 0 Å². The van der Waals surface area contributed by atoms with E-state index < -0.39 is 0 Å². The molecule has 5 atom stereocenters. The Morgan fingerprint density at radius 2 is 2.00 bits per heavy atom. The number of piperidine rings is 1. The number of hydrogen-bond acceptors (Lipinski definition) is 2. The molecule has 2 heteroatoms. The standard InChI is InChI=1S/C14H26N2/c1-10-5-6-16(11(2)7-10)9-12-8-13-3-4-14(12)15-13/h10-15H,3-9H2,1-2H3. The second-order valence-electron chi connectivity index (χ2n) is 6.52. The van der Waals surface area contributed by atoms with E-state index in [9.17, 15) is 0 Å². The first-order valence-electron chi connectivity index (χ1n) is 7.22. The topological polar surface area (TPSA) is 15.3 Å². The number of fused-ring (bicyclic) bond motifs is 2. The summed E-state index contributed by atoms with van der Waals surface area (Å²) in [7, 11) is 0. The van der Waals surface area contributed by atoms with Gasteiger partial charge in [0, 0.05) is 24.7 Å². The van der Waals surface area contributed by atoms with Crippen molar-refractivity contribution in [1.29, 1.82) is 0 Å². The fourth-order valence-electron chi connectivity index (χ4n) is 4.17. The van der Waals surface area contributed by atoms with E-state index in [1.807, 2.05) is 0 Å². The van der Waals surface area contributed by atoms with Crippen molar-refractivity contribution in [2.24, 2.45) is 11.8 Å². The predicted octanol–water partition coefficient (Wildman–Crippen LogP) is 2.25. The van der Waals surface area contributed by atoms with Crippen LogP contribution in [0.4, 0.5) is 0 Å². The van der Waals surface area contributed by atoms with Gasteiger partial charge in [0.25, 0.3) is 0 Å². The Hall–Kier alpha value is -0.0800. The normalized spacial score (nSPS) is 48.8. The van der Waals surface area contributed by atoms with Crippen molar-refractivity contribution in [3.63, 3.8) is 0 Å². The average molecular weight is 222 g/mol.